The Morgan fingerprint density at radius 1 is 1.15 bits per heavy atom. The standard InChI is InChI=1S/C28H21N3O7S/c1-3-37-28(33)25-23(17-7-9-21(36-2)10-8-17)16-39-27(25)30-26(32)19(15-29)14-22-11-12-24(38-22)18-5-4-6-20(13-18)31(34)35/h4-14,16H,3H2,1-2H3,(H,30,32). The van der Waals surface area contributed by atoms with Crippen LogP contribution >= 0.6 is 11.3 Å². The quantitative estimate of drug-likeness (QED) is 0.0849. The minimum absolute atomic E-state index is 0.0968. The fraction of sp³-hybridized carbons (Fsp3) is 0.107. The minimum atomic E-state index is -0.750. The van der Waals surface area contributed by atoms with Crippen molar-refractivity contribution in [1.29, 1.82) is 5.26 Å². The van der Waals surface area contributed by atoms with Crippen LogP contribution in [0.3, 0.4) is 0 Å². The third kappa shape index (κ3) is 6.03. The van der Waals surface area contributed by atoms with Crippen LogP contribution in [-0.4, -0.2) is 30.5 Å². The van der Waals surface area contributed by atoms with Crippen molar-refractivity contribution in [2.75, 3.05) is 19.0 Å². The molecule has 196 valence electrons. The third-order valence-electron chi connectivity index (χ3n) is 5.52. The Bertz CT molecular complexity index is 1610. The number of nitrogens with one attached hydrogen (secondary N) is 1. The van der Waals surface area contributed by atoms with Crippen molar-refractivity contribution in [3.8, 4) is 34.3 Å². The largest absolute Gasteiger partial charge is 0.497 e. The van der Waals surface area contributed by atoms with Gasteiger partial charge < -0.3 is 19.2 Å². The smallest absolute Gasteiger partial charge is 0.341 e. The van der Waals surface area contributed by atoms with Crippen LogP contribution in [0.4, 0.5) is 10.7 Å². The highest BCUT2D eigenvalue weighted by Gasteiger charge is 2.24. The van der Waals surface area contributed by atoms with Crippen LogP contribution in [-0.2, 0) is 9.53 Å². The van der Waals surface area contributed by atoms with Gasteiger partial charge in [-0.15, -0.1) is 11.3 Å². The molecule has 0 saturated heterocycles. The fourth-order valence-corrected chi connectivity index (χ4v) is 4.61. The number of furan rings is 1. The molecule has 0 bridgehead atoms. The maximum Gasteiger partial charge on any atom is 0.341 e. The minimum Gasteiger partial charge on any atom is -0.497 e. The summed E-state index contributed by atoms with van der Waals surface area (Å²) in [6.07, 6.45) is 1.25. The molecule has 39 heavy (non-hydrogen) atoms. The maximum absolute atomic E-state index is 13.0. The van der Waals surface area contributed by atoms with Gasteiger partial charge in [0.05, 0.1) is 18.6 Å². The summed E-state index contributed by atoms with van der Waals surface area (Å²) < 4.78 is 16.1. The van der Waals surface area contributed by atoms with E-state index in [0.29, 0.717) is 22.6 Å². The molecular formula is C28H21N3O7S. The highest BCUT2D eigenvalue weighted by atomic mass is 32.1. The summed E-state index contributed by atoms with van der Waals surface area (Å²) in [6, 6.07) is 17.9. The number of nitro benzene ring substituents is 1. The highest BCUT2D eigenvalue weighted by Crippen LogP contribution is 2.37. The molecule has 2 heterocycles. The van der Waals surface area contributed by atoms with Crippen LogP contribution in [0.5, 0.6) is 5.75 Å². The van der Waals surface area contributed by atoms with Crippen molar-refractivity contribution in [2.24, 2.45) is 0 Å². The number of nitro groups is 1. The number of anilines is 1. The molecule has 2 aromatic heterocycles. The maximum atomic E-state index is 13.0. The number of benzene rings is 2. The van der Waals surface area contributed by atoms with E-state index in [1.54, 1.807) is 55.8 Å². The lowest BCUT2D eigenvalue weighted by Crippen LogP contribution is -2.16. The molecular weight excluding hydrogens is 522 g/mol. The zero-order valence-electron chi connectivity index (χ0n) is 20.8. The molecule has 4 aromatic rings. The average Bonchev–Trinajstić information content (AvgIpc) is 3.59. The van der Waals surface area contributed by atoms with E-state index in [9.17, 15) is 25.0 Å². The molecule has 0 saturated carbocycles. The molecule has 0 aliphatic heterocycles. The molecule has 0 radical (unpaired) electrons. The Kier molecular flexibility index (Phi) is 8.18. The van der Waals surface area contributed by atoms with Gasteiger partial charge in [0.15, 0.2) is 0 Å². The normalized spacial score (nSPS) is 10.9. The summed E-state index contributed by atoms with van der Waals surface area (Å²) in [7, 11) is 1.55. The molecule has 0 aliphatic rings. The number of nitrogens with zero attached hydrogens (tertiary/aromatic N) is 2. The van der Waals surface area contributed by atoms with Crippen LogP contribution in [0.2, 0.25) is 0 Å². The van der Waals surface area contributed by atoms with Crippen molar-refractivity contribution in [3.05, 3.63) is 93.1 Å². The van der Waals surface area contributed by atoms with Crippen molar-refractivity contribution in [3.63, 3.8) is 0 Å². The second kappa shape index (κ2) is 11.9. The predicted octanol–water partition coefficient (Wildman–Crippen LogP) is 6.31. The van der Waals surface area contributed by atoms with Crippen LogP contribution in [0, 0.1) is 21.4 Å². The van der Waals surface area contributed by atoms with Crippen molar-refractivity contribution >= 4 is 40.0 Å². The Hall–Kier alpha value is -5.21. The van der Waals surface area contributed by atoms with E-state index >= 15 is 0 Å². The fourth-order valence-electron chi connectivity index (χ4n) is 3.66. The van der Waals surface area contributed by atoms with Gasteiger partial charge in [0.2, 0.25) is 0 Å². The Morgan fingerprint density at radius 2 is 1.92 bits per heavy atom. The number of amides is 1. The number of non-ortho nitro benzene ring substituents is 1. The number of carbonyl (C=O) groups excluding carboxylic acids is 2. The summed E-state index contributed by atoms with van der Waals surface area (Å²) in [5.74, 6) is -0.196. The van der Waals surface area contributed by atoms with Crippen molar-refractivity contribution in [1.82, 2.24) is 0 Å². The van der Waals surface area contributed by atoms with Gasteiger partial charge in [-0.25, -0.2) is 4.79 Å². The van der Waals surface area contributed by atoms with Gasteiger partial charge in [0, 0.05) is 34.7 Å². The number of hydrogen-bond acceptors (Lipinski definition) is 9. The van der Waals surface area contributed by atoms with Crippen LogP contribution in [0.15, 0.2) is 76.0 Å². The van der Waals surface area contributed by atoms with Crippen molar-refractivity contribution < 1.29 is 28.4 Å². The number of ether oxygens (including phenoxy) is 2. The van der Waals surface area contributed by atoms with E-state index in [-0.39, 0.29) is 34.2 Å². The lowest BCUT2D eigenvalue weighted by Gasteiger charge is -2.09. The molecule has 1 N–H and O–H groups in total. The SMILES string of the molecule is CCOC(=O)c1c(-c2ccc(OC)cc2)csc1NC(=O)C(C#N)=Cc1ccc(-c2cccc([N+](=O)[O-])c2)o1. The summed E-state index contributed by atoms with van der Waals surface area (Å²) in [6.45, 7) is 1.82. The summed E-state index contributed by atoms with van der Waals surface area (Å²) >= 11 is 1.12. The lowest BCUT2D eigenvalue weighted by molar-refractivity contribution is -0.384. The monoisotopic (exact) mass is 543 g/mol. The van der Waals surface area contributed by atoms with Gasteiger partial charge in [0.1, 0.15) is 39.5 Å². The molecule has 11 heteroatoms. The van der Waals surface area contributed by atoms with E-state index < -0.39 is 16.8 Å². The number of rotatable bonds is 9. The van der Waals surface area contributed by atoms with Crippen LogP contribution in [0.1, 0.15) is 23.0 Å². The average molecular weight is 544 g/mol. The van der Waals surface area contributed by atoms with E-state index in [0.717, 1.165) is 16.9 Å². The van der Waals surface area contributed by atoms with Crippen LogP contribution in [0.25, 0.3) is 28.5 Å². The van der Waals surface area contributed by atoms with E-state index in [1.165, 1.54) is 30.3 Å². The van der Waals surface area contributed by atoms with Gasteiger partial charge in [0.25, 0.3) is 11.6 Å². The third-order valence-corrected chi connectivity index (χ3v) is 6.41. The number of carbonyl (C=O) groups is 2. The van der Waals surface area contributed by atoms with Gasteiger partial charge in [-0.2, -0.15) is 5.26 Å². The number of nitriles is 1. The van der Waals surface area contributed by atoms with Gasteiger partial charge in [-0.1, -0.05) is 24.3 Å². The first-order valence-electron chi connectivity index (χ1n) is 11.6. The Morgan fingerprint density at radius 3 is 2.59 bits per heavy atom. The molecule has 1 amide bonds. The Balaban J connectivity index is 1.61. The highest BCUT2D eigenvalue weighted by molar-refractivity contribution is 7.15. The Labute approximate surface area is 226 Å². The molecule has 0 spiro atoms. The molecule has 4 rings (SSSR count). The predicted molar refractivity (Wildman–Crippen MR) is 145 cm³/mol. The summed E-state index contributed by atoms with van der Waals surface area (Å²) in [4.78, 5) is 36.4. The summed E-state index contributed by atoms with van der Waals surface area (Å²) in [5.41, 5.74) is 1.55. The first-order chi connectivity index (χ1) is 18.8. The second-order valence-electron chi connectivity index (χ2n) is 7.94. The lowest BCUT2D eigenvalue weighted by atomic mass is 10.0. The molecule has 0 unspecified atom stereocenters. The topological polar surface area (TPSA) is 145 Å². The molecule has 0 atom stereocenters. The van der Waals surface area contributed by atoms with E-state index in [1.807, 2.05) is 6.07 Å². The van der Waals surface area contributed by atoms with Crippen LogP contribution < -0.4 is 10.1 Å². The molecule has 0 aliphatic carbocycles. The molecule has 2 aromatic carbocycles. The van der Waals surface area contributed by atoms with Crippen molar-refractivity contribution in [2.45, 2.75) is 6.92 Å². The number of esters is 1. The first kappa shape index (κ1) is 26.8. The zero-order chi connectivity index (χ0) is 27.9. The molecule has 10 nitrogen and oxygen atoms in total. The molecule has 0 fully saturated rings. The van der Waals surface area contributed by atoms with E-state index in [2.05, 4.69) is 5.32 Å². The van der Waals surface area contributed by atoms with Gasteiger partial charge >= 0.3 is 5.97 Å². The van der Waals surface area contributed by atoms with Gasteiger partial charge in [-0.3, -0.25) is 14.9 Å². The number of thiophene rings is 1. The first-order valence-corrected chi connectivity index (χ1v) is 12.4. The number of methoxy groups -OCH3 is 1. The zero-order valence-corrected chi connectivity index (χ0v) is 21.6. The van der Waals surface area contributed by atoms with Gasteiger partial charge in [-0.05, 0) is 36.8 Å². The number of hydrogen-bond donors (Lipinski definition) is 1. The van der Waals surface area contributed by atoms with E-state index in [4.69, 9.17) is 13.9 Å². The second-order valence-corrected chi connectivity index (χ2v) is 8.82. The summed E-state index contributed by atoms with van der Waals surface area (Å²) in [5, 5.41) is 25.3.